The van der Waals surface area contributed by atoms with Crippen molar-refractivity contribution in [1.29, 1.82) is 0 Å². The number of hydrogen-bond donors (Lipinski definition) is 2. The van der Waals surface area contributed by atoms with Crippen LogP contribution in [0.1, 0.15) is 0 Å². The molecule has 1 rings (SSSR count). The summed E-state index contributed by atoms with van der Waals surface area (Å²) in [7, 11) is 3.43. The van der Waals surface area contributed by atoms with Gasteiger partial charge in [-0.15, -0.1) is 0 Å². The zero-order valence-electron chi connectivity index (χ0n) is 9.81. The summed E-state index contributed by atoms with van der Waals surface area (Å²) >= 11 is 0. The molecule has 1 heterocycles. The Morgan fingerprint density at radius 1 is 1.44 bits per heavy atom. The molecule has 0 atom stereocenters. The monoisotopic (exact) mass is 225 g/mol. The Labute approximate surface area is 95.7 Å². The fourth-order valence-electron chi connectivity index (χ4n) is 1.21. The molecule has 1 aromatic heterocycles. The molecule has 0 aliphatic rings. The average Bonchev–Trinajstić information content (AvgIpc) is 2.80. The number of nitrogens with zero attached hydrogens (tertiary/aromatic N) is 3. The first-order valence-corrected chi connectivity index (χ1v) is 5.26. The van der Waals surface area contributed by atoms with E-state index >= 15 is 0 Å². The normalized spacial score (nSPS) is 11.5. The fraction of sp³-hybridized carbons (Fsp3) is 0.600. The van der Waals surface area contributed by atoms with Gasteiger partial charge >= 0.3 is 0 Å². The summed E-state index contributed by atoms with van der Waals surface area (Å²) in [6.45, 7) is 3.09. The Morgan fingerprint density at radius 2 is 2.25 bits per heavy atom. The molecule has 0 aliphatic heterocycles. The number of methoxy groups -OCH3 is 1. The second-order valence-electron chi connectivity index (χ2n) is 3.22. The van der Waals surface area contributed by atoms with E-state index in [0.717, 1.165) is 25.6 Å². The quantitative estimate of drug-likeness (QED) is 0.396. The average molecular weight is 225 g/mol. The molecule has 6 heteroatoms. The van der Waals surface area contributed by atoms with Gasteiger partial charge in [-0.2, -0.15) is 0 Å². The number of ether oxygens (including phenoxy) is 1. The minimum absolute atomic E-state index is 0.669. The second-order valence-corrected chi connectivity index (χ2v) is 3.22. The molecule has 0 aromatic carbocycles. The van der Waals surface area contributed by atoms with Crippen LogP contribution in [0.5, 0.6) is 0 Å². The first-order valence-electron chi connectivity index (χ1n) is 5.26. The predicted octanol–water partition coefficient (Wildman–Crippen LogP) is -0.305. The first kappa shape index (κ1) is 12.5. The maximum atomic E-state index is 4.94. The van der Waals surface area contributed by atoms with Crippen LogP contribution in [0.4, 0.5) is 0 Å². The van der Waals surface area contributed by atoms with Crippen molar-refractivity contribution in [2.75, 3.05) is 33.9 Å². The number of imidazole rings is 1. The van der Waals surface area contributed by atoms with Crippen molar-refractivity contribution in [1.82, 2.24) is 20.2 Å². The van der Waals surface area contributed by atoms with Gasteiger partial charge in [0.05, 0.1) is 12.9 Å². The molecule has 6 nitrogen and oxygen atoms in total. The zero-order chi connectivity index (χ0) is 11.6. The van der Waals surface area contributed by atoms with E-state index in [-0.39, 0.29) is 0 Å². The van der Waals surface area contributed by atoms with Gasteiger partial charge in [-0.1, -0.05) is 0 Å². The van der Waals surface area contributed by atoms with Crippen LogP contribution in [0.3, 0.4) is 0 Å². The predicted molar refractivity (Wildman–Crippen MR) is 63.5 cm³/mol. The van der Waals surface area contributed by atoms with Gasteiger partial charge in [0.15, 0.2) is 5.96 Å². The Hall–Kier alpha value is -1.56. The van der Waals surface area contributed by atoms with Crippen molar-refractivity contribution in [3.05, 3.63) is 18.7 Å². The van der Waals surface area contributed by atoms with Crippen LogP contribution in [0.2, 0.25) is 0 Å². The summed E-state index contributed by atoms with van der Waals surface area (Å²) in [4.78, 5) is 8.07. The van der Waals surface area contributed by atoms with E-state index in [4.69, 9.17) is 4.74 Å². The zero-order valence-corrected chi connectivity index (χ0v) is 9.81. The number of rotatable bonds is 6. The van der Waals surface area contributed by atoms with Crippen LogP contribution in [-0.4, -0.2) is 49.4 Å². The van der Waals surface area contributed by atoms with Crippen molar-refractivity contribution in [3.63, 3.8) is 0 Å². The third kappa shape index (κ3) is 4.79. The van der Waals surface area contributed by atoms with Crippen molar-refractivity contribution in [2.24, 2.45) is 4.99 Å². The van der Waals surface area contributed by atoms with Crippen molar-refractivity contribution < 1.29 is 4.74 Å². The van der Waals surface area contributed by atoms with E-state index in [1.54, 1.807) is 26.7 Å². The summed E-state index contributed by atoms with van der Waals surface area (Å²) in [5.74, 6) is 0.789. The molecule has 16 heavy (non-hydrogen) atoms. The highest BCUT2D eigenvalue weighted by Gasteiger charge is 1.95. The van der Waals surface area contributed by atoms with E-state index in [1.807, 2.05) is 10.8 Å². The fourth-order valence-corrected chi connectivity index (χ4v) is 1.21. The lowest BCUT2D eigenvalue weighted by Crippen LogP contribution is -2.40. The molecule has 2 N–H and O–H groups in total. The topological polar surface area (TPSA) is 63.5 Å². The molecule has 0 spiro atoms. The van der Waals surface area contributed by atoms with Gasteiger partial charge in [0.2, 0.25) is 0 Å². The highest BCUT2D eigenvalue weighted by molar-refractivity contribution is 5.79. The summed E-state index contributed by atoms with van der Waals surface area (Å²) < 4.78 is 6.95. The lowest BCUT2D eigenvalue weighted by Gasteiger charge is -2.11. The summed E-state index contributed by atoms with van der Waals surface area (Å²) in [6, 6.07) is 0. The molecule has 90 valence electrons. The Kier molecular flexibility index (Phi) is 6.02. The van der Waals surface area contributed by atoms with Crippen LogP contribution >= 0.6 is 0 Å². The number of guanidine groups is 1. The Balaban J connectivity index is 2.14. The first-order chi connectivity index (χ1) is 7.86. The van der Waals surface area contributed by atoms with E-state index in [0.29, 0.717) is 6.61 Å². The molecule has 0 radical (unpaired) electrons. The molecule has 0 amide bonds. The van der Waals surface area contributed by atoms with Gasteiger partial charge in [-0.25, -0.2) is 4.98 Å². The molecule has 0 bridgehead atoms. The van der Waals surface area contributed by atoms with Gasteiger partial charge in [-0.3, -0.25) is 4.99 Å². The number of aliphatic imine (C=N–C) groups is 1. The van der Waals surface area contributed by atoms with Crippen LogP contribution in [-0.2, 0) is 11.3 Å². The number of nitrogens with one attached hydrogen (secondary N) is 2. The smallest absolute Gasteiger partial charge is 0.191 e. The summed E-state index contributed by atoms with van der Waals surface area (Å²) in [6.07, 6.45) is 5.50. The molecule has 0 fully saturated rings. The van der Waals surface area contributed by atoms with Gasteiger partial charge in [0.25, 0.3) is 0 Å². The molecule has 1 aromatic rings. The third-order valence-corrected chi connectivity index (χ3v) is 2.04. The van der Waals surface area contributed by atoms with Crippen LogP contribution in [0.25, 0.3) is 0 Å². The van der Waals surface area contributed by atoms with Gasteiger partial charge < -0.3 is 19.9 Å². The Bertz CT molecular complexity index is 296. The van der Waals surface area contributed by atoms with Gasteiger partial charge in [0.1, 0.15) is 0 Å². The highest BCUT2D eigenvalue weighted by atomic mass is 16.5. The van der Waals surface area contributed by atoms with Crippen LogP contribution in [0, 0.1) is 0 Å². The minimum atomic E-state index is 0.669. The largest absolute Gasteiger partial charge is 0.383 e. The number of aromatic nitrogens is 2. The lowest BCUT2D eigenvalue weighted by atomic mass is 10.6. The SMILES string of the molecule is CN=C(NCCOC)NCCn1ccnc1. The maximum absolute atomic E-state index is 4.94. The standard InChI is InChI=1S/C10H19N5O/c1-11-10(14-5-8-16-2)13-4-7-15-6-3-12-9-15/h3,6,9H,4-5,7-8H2,1-2H3,(H2,11,13,14). The number of hydrogen-bond acceptors (Lipinski definition) is 3. The Morgan fingerprint density at radius 3 is 2.88 bits per heavy atom. The second kappa shape index (κ2) is 7.70. The third-order valence-electron chi connectivity index (χ3n) is 2.04. The molecule has 0 unspecified atom stereocenters. The van der Waals surface area contributed by atoms with Crippen LogP contribution < -0.4 is 10.6 Å². The van der Waals surface area contributed by atoms with E-state index in [9.17, 15) is 0 Å². The van der Waals surface area contributed by atoms with Crippen LogP contribution in [0.15, 0.2) is 23.7 Å². The highest BCUT2D eigenvalue weighted by Crippen LogP contribution is 1.83. The van der Waals surface area contributed by atoms with Crippen molar-refractivity contribution in [3.8, 4) is 0 Å². The summed E-state index contributed by atoms with van der Waals surface area (Å²) in [5.41, 5.74) is 0. The van der Waals surface area contributed by atoms with Gasteiger partial charge in [-0.05, 0) is 0 Å². The lowest BCUT2D eigenvalue weighted by molar-refractivity contribution is 0.203. The maximum Gasteiger partial charge on any atom is 0.191 e. The summed E-state index contributed by atoms with van der Waals surface area (Å²) in [5, 5.41) is 6.34. The molecular formula is C10H19N5O. The van der Waals surface area contributed by atoms with E-state index < -0.39 is 0 Å². The van der Waals surface area contributed by atoms with E-state index in [2.05, 4.69) is 20.6 Å². The van der Waals surface area contributed by atoms with Gasteiger partial charge in [0, 0.05) is 46.2 Å². The van der Waals surface area contributed by atoms with Crippen molar-refractivity contribution in [2.45, 2.75) is 6.54 Å². The molecule has 0 saturated carbocycles. The van der Waals surface area contributed by atoms with E-state index in [1.165, 1.54) is 0 Å². The molecule has 0 saturated heterocycles. The van der Waals surface area contributed by atoms with Crippen molar-refractivity contribution >= 4 is 5.96 Å². The minimum Gasteiger partial charge on any atom is -0.383 e. The molecule has 0 aliphatic carbocycles. The molecular weight excluding hydrogens is 206 g/mol.